The Labute approximate surface area is 181 Å². The summed E-state index contributed by atoms with van der Waals surface area (Å²) < 4.78 is 69.4. The molecule has 4 bridgehead atoms. The predicted molar refractivity (Wildman–Crippen MR) is 97.2 cm³/mol. The number of benzene rings is 1. The van der Waals surface area contributed by atoms with Gasteiger partial charge in [-0.3, -0.25) is 5.06 Å². The van der Waals surface area contributed by atoms with Gasteiger partial charge in [0, 0.05) is 24.1 Å². The summed E-state index contributed by atoms with van der Waals surface area (Å²) in [6, 6.07) is 0. The largest absolute Gasteiger partial charge is 0.430 e. The fourth-order valence-electron chi connectivity index (χ4n) is 5.71. The topological polar surface area (TPSA) is 12.5 Å². The molecule has 1 aromatic rings. The summed E-state index contributed by atoms with van der Waals surface area (Å²) in [6.07, 6.45) is 7.81. The van der Waals surface area contributed by atoms with Gasteiger partial charge in [0.05, 0.1) is 0 Å². The molecule has 0 amide bonds. The van der Waals surface area contributed by atoms with Crippen LogP contribution in [0.5, 0.6) is 5.75 Å². The molecule has 4 fully saturated rings. The Bertz CT molecular complexity index is 736. The Hall–Kier alpha value is -0.569. The van der Waals surface area contributed by atoms with E-state index in [1.807, 2.05) is 25.8 Å². The third-order valence-electron chi connectivity index (χ3n) is 6.34. The first-order valence-electron chi connectivity index (χ1n) is 9.84. The normalized spacial score (nSPS) is 30.6. The summed E-state index contributed by atoms with van der Waals surface area (Å²) in [6.45, 7) is 6.13. The first kappa shape index (κ1) is 23.1. The fraction of sp³-hybridized carbons (Fsp3) is 0.650. The van der Waals surface area contributed by atoms with E-state index in [2.05, 4.69) is 0 Å². The zero-order chi connectivity index (χ0) is 20.4. The molecule has 1 radical (unpaired) electrons. The molecular formula is C20H25F5NOSiV-. The van der Waals surface area contributed by atoms with Gasteiger partial charge >= 0.3 is 0 Å². The van der Waals surface area contributed by atoms with E-state index < -0.39 is 48.4 Å². The van der Waals surface area contributed by atoms with Crippen LogP contribution in [0.15, 0.2) is 0 Å². The summed E-state index contributed by atoms with van der Waals surface area (Å²) in [5, 5.41) is 1.49. The van der Waals surface area contributed by atoms with Crippen molar-refractivity contribution in [1.29, 1.82) is 0 Å². The minimum absolute atomic E-state index is 0. The monoisotopic (exact) mass is 469 g/mol. The molecule has 9 heteroatoms. The molecule has 0 unspecified atom stereocenters. The zero-order valence-corrected chi connectivity index (χ0v) is 19.1. The van der Waals surface area contributed by atoms with Crippen molar-refractivity contribution < 1.29 is 45.3 Å². The van der Waals surface area contributed by atoms with Crippen molar-refractivity contribution in [3.05, 3.63) is 35.3 Å². The maximum absolute atomic E-state index is 14.3. The summed E-state index contributed by atoms with van der Waals surface area (Å²) >= 11 is 0. The van der Waals surface area contributed by atoms with Crippen molar-refractivity contribution in [3.63, 3.8) is 0 Å². The molecule has 0 aliphatic heterocycles. The fourth-order valence-corrected chi connectivity index (χ4v) is 6.74. The van der Waals surface area contributed by atoms with Crippen LogP contribution in [0.2, 0.25) is 19.6 Å². The van der Waals surface area contributed by atoms with Crippen molar-refractivity contribution in [2.24, 2.45) is 17.8 Å². The summed E-state index contributed by atoms with van der Waals surface area (Å²) in [7, 11) is -1.93. The summed E-state index contributed by atoms with van der Waals surface area (Å²) in [4.78, 5) is 5.57. The van der Waals surface area contributed by atoms with Gasteiger partial charge < -0.3 is 4.84 Å². The number of nitrogens with zero attached hydrogens (tertiary/aromatic N) is 1. The molecule has 29 heavy (non-hydrogen) atoms. The van der Waals surface area contributed by atoms with E-state index in [1.165, 1.54) is 5.06 Å². The molecule has 1 aromatic carbocycles. The van der Waals surface area contributed by atoms with Gasteiger partial charge in [0.1, 0.15) is 0 Å². The van der Waals surface area contributed by atoms with Crippen LogP contribution in [0.4, 0.5) is 22.0 Å². The minimum Gasteiger partial charge on any atom is -0.430 e. The molecule has 0 atom stereocenters. The van der Waals surface area contributed by atoms with Crippen LogP contribution in [0, 0.1) is 53.0 Å². The number of rotatable bonds is 5. The molecule has 0 heterocycles. The summed E-state index contributed by atoms with van der Waals surface area (Å²) in [5.74, 6) is -9.58. The maximum atomic E-state index is 14.3. The van der Waals surface area contributed by atoms with Crippen LogP contribution in [-0.4, -0.2) is 18.7 Å². The van der Waals surface area contributed by atoms with E-state index in [1.54, 1.807) is 0 Å². The quantitative estimate of drug-likeness (QED) is 0.131. The van der Waals surface area contributed by atoms with E-state index in [9.17, 15) is 22.0 Å². The number of hydrogen-bond acceptors (Lipinski definition) is 2. The van der Waals surface area contributed by atoms with Gasteiger partial charge in [-0.2, -0.15) is 8.78 Å². The van der Waals surface area contributed by atoms with E-state index in [4.69, 9.17) is 4.84 Å². The van der Waals surface area contributed by atoms with Crippen molar-refractivity contribution in [2.45, 2.75) is 63.7 Å². The Morgan fingerprint density at radius 1 is 0.793 bits per heavy atom. The first-order valence-corrected chi connectivity index (χ1v) is 13.4. The van der Waals surface area contributed by atoms with Gasteiger partial charge in [0.2, 0.25) is 34.8 Å². The van der Waals surface area contributed by atoms with E-state index >= 15 is 0 Å². The van der Waals surface area contributed by atoms with Gasteiger partial charge in [0.15, 0.2) is 0 Å². The molecule has 4 aliphatic rings. The molecule has 0 aromatic heterocycles. The Balaban J connectivity index is 0.00000240. The van der Waals surface area contributed by atoms with Crippen LogP contribution in [0.1, 0.15) is 38.5 Å². The van der Waals surface area contributed by atoms with E-state index in [0.717, 1.165) is 38.5 Å². The molecule has 4 saturated carbocycles. The smallest absolute Gasteiger partial charge is 0.221 e. The standard InChI is InChI=1S/C20H25F5NOSi.V/c1-28(2,3)10-26(20-7-11-4-12(8-20)6-13(5-11)9-20)27-19-17(24)15(22)14(21)16(23)18(19)25;/h10-13H,4-9H2,1-3H3;/q-1;. The van der Waals surface area contributed by atoms with Crippen LogP contribution in [0.3, 0.4) is 0 Å². The van der Waals surface area contributed by atoms with Gasteiger partial charge in [0.25, 0.3) is 0 Å². The van der Waals surface area contributed by atoms with Crippen molar-refractivity contribution in [1.82, 2.24) is 5.06 Å². The van der Waals surface area contributed by atoms with Crippen LogP contribution in [0.25, 0.3) is 0 Å². The van der Waals surface area contributed by atoms with Gasteiger partial charge in [-0.05, 0) is 56.3 Å². The van der Waals surface area contributed by atoms with E-state index in [0.29, 0.717) is 17.8 Å². The van der Waals surface area contributed by atoms with Gasteiger partial charge in [-0.1, -0.05) is 27.7 Å². The Kier molecular flexibility index (Phi) is 6.25. The molecule has 0 saturated heterocycles. The van der Waals surface area contributed by atoms with Crippen LogP contribution < -0.4 is 4.84 Å². The maximum Gasteiger partial charge on any atom is 0.221 e. The third kappa shape index (κ3) is 4.14. The first-order chi connectivity index (χ1) is 13.0. The Morgan fingerprint density at radius 2 is 1.17 bits per heavy atom. The SMILES string of the molecule is C[Si](C)(C)[CH-]N(Oc1c(F)c(F)c(F)c(F)c1F)C12CC3CC(CC(C3)C1)C2.[V]. The zero-order valence-electron chi connectivity index (χ0n) is 16.7. The Morgan fingerprint density at radius 3 is 1.55 bits per heavy atom. The predicted octanol–water partition coefficient (Wildman–Crippen LogP) is 5.98. The third-order valence-corrected chi connectivity index (χ3v) is 7.35. The molecule has 161 valence electrons. The number of hydroxylamine groups is 2. The average molecular weight is 469 g/mol. The minimum atomic E-state index is -2.17. The second kappa shape index (κ2) is 7.84. The molecule has 0 N–H and O–H groups in total. The second-order valence-corrected chi connectivity index (χ2v) is 14.9. The molecule has 2 nitrogen and oxygen atoms in total. The summed E-state index contributed by atoms with van der Waals surface area (Å²) in [5.41, 5.74) is -0.435. The van der Waals surface area contributed by atoms with Gasteiger partial charge in [-0.15, -0.1) is 0 Å². The van der Waals surface area contributed by atoms with Crippen LogP contribution >= 0.6 is 0 Å². The van der Waals surface area contributed by atoms with Gasteiger partial charge in [-0.25, -0.2) is 19.3 Å². The molecule has 4 aliphatic carbocycles. The van der Waals surface area contributed by atoms with Crippen molar-refractivity contribution in [2.75, 3.05) is 0 Å². The molecular weight excluding hydrogens is 444 g/mol. The molecule has 0 spiro atoms. The van der Waals surface area contributed by atoms with Crippen molar-refractivity contribution >= 4 is 8.07 Å². The van der Waals surface area contributed by atoms with Crippen molar-refractivity contribution in [3.8, 4) is 5.75 Å². The van der Waals surface area contributed by atoms with E-state index in [-0.39, 0.29) is 18.6 Å². The van der Waals surface area contributed by atoms with Crippen LogP contribution in [-0.2, 0) is 18.6 Å². The molecule has 5 rings (SSSR count). The number of hydrogen-bond donors (Lipinski definition) is 0. The average Bonchev–Trinajstić information content (AvgIpc) is 2.59. The second-order valence-electron chi connectivity index (χ2n) is 9.95. The number of halogens is 5.